The second-order valence-electron chi connectivity index (χ2n) is 5.78. The highest BCUT2D eigenvalue weighted by Crippen LogP contribution is 2.23. The summed E-state index contributed by atoms with van der Waals surface area (Å²) in [5.74, 6) is 0.893. The van der Waals surface area contributed by atoms with Crippen LogP contribution in [0.2, 0.25) is 5.02 Å². The van der Waals surface area contributed by atoms with Gasteiger partial charge < -0.3 is 9.64 Å². The van der Waals surface area contributed by atoms with E-state index in [1.165, 1.54) is 11.8 Å². The van der Waals surface area contributed by atoms with E-state index in [0.717, 1.165) is 11.3 Å². The van der Waals surface area contributed by atoms with Crippen LogP contribution in [0.1, 0.15) is 16.8 Å². The number of aromatic nitrogens is 1. The fourth-order valence-corrected chi connectivity index (χ4v) is 3.41. The van der Waals surface area contributed by atoms with E-state index in [1.54, 1.807) is 36.2 Å². The Morgan fingerprint density at radius 3 is 2.69 bits per heavy atom. The number of rotatable bonds is 7. The summed E-state index contributed by atoms with van der Waals surface area (Å²) in [4.78, 5) is 18.3. The number of benzene rings is 1. The maximum absolute atomic E-state index is 12.3. The standard InChI is InChI=1S/C19H20ClN3O2S/c1-13-10-14(2)22-19(17(13)11-21)26-12-18(24)23(3)8-9-25-16-6-4-15(20)5-7-16/h4-7,10H,8-9,12H2,1-3H3. The molecule has 0 saturated carbocycles. The van der Waals surface area contributed by atoms with E-state index in [9.17, 15) is 10.1 Å². The van der Waals surface area contributed by atoms with Crippen LogP contribution in [-0.2, 0) is 4.79 Å². The average Bonchev–Trinajstić information content (AvgIpc) is 2.60. The van der Waals surface area contributed by atoms with Gasteiger partial charge in [0.05, 0.1) is 17.9 Å². The summed E-state index contributed by atoms with van der Waals surface area (Å²) in [6, 6.07) is 11.1. The first-order chi connectivity index (χ1) is 12.4. The molecule has 136 valence electrons. The molecule has 2 aromatic rings. The van der Waals surface area contributed by atoms with Crippen molar-refractivity contribution in [3.05, 3.63) is 52.2 Å². The molecule has 0 fully saturated rings. The van der Waals surface area contributed by atoms with Crippen LogP contribution in [0.15, 0.2) is 35.4 Å². The monoisotopic (exact) mass is 389 g/mol. The number of hydrogen-bond donors (Lipinski definition) is 0. The van der Waals surface area contributed by atoms with Crippen LogP contribution in [0, 0.1) is 25.2 Å². The highest BCUT2D eigenvalue weighted by atomic mass is 35.5. The van der Waals surface area contributed by atoms with Crippen molar-refractivity contribution in [3.8, 4) is 11.8 Å². The second kappa shape index (κ2) is 9.46. The average molecular weight is 390 g/mol. The molecule has 0 N–H and O–H groups in total. The first-order valence-electron chi connectivity index (χ1n) is 8.04. The van der Waals surface area contributed by atoms with Crippen molar-refractivity contribution < 1.29 is 9.53 Å². The van der Waals surface area contributed by atoms with Gasteiger partial charge in [0.15, 0.2) is 0 Å². The molecule has 0 aliphatic carbocycles. The van der Waals surface area contributed by atoms with Gasteiger partial charge in [-0.1, -0.05) is 23.4 Å². The normalized spacial score (nSPS) is 10.3. The minimum Gasteiger partial charge on any atom is -0.492 e. The number of halogens is 1. The van der Waals surface area contributed by atoms with Crippen LogP contribution in [0.5, 0.6) is 5.75 Å². The first kappa shape index (κ1) is 20.1. The van der Waals surface area contributed by atoms with Gasteiger partial charge in [0.25, 0.3) is 0 Å². The maximum atomic E-state index is 12.3. The highest BCUT2D eigenvalue weighted by molar-refractivity contribution is 8.00. The number of carbonyl (C=O) groups is 1. The molecule has 1 amide bonds. The van der Waals surface area contributed by atoms with E-state index in [0.29, 0.717) is 34.5 Å². The predicted molar refractivity (Wildman–Crippen MR) is 104 cm³/mol. The van der Waals surface area contributed by atoms with E-state index < -0.39 is 0 Å². The van der Waals surface area contributed by atoms with E-state index in [4.69, 9.17) is 16.3 Å². The van der Waals surface area contributed by atoms with Gasteiger partial charge in [-0.15, -0.1) is 0 Å². The molecule has 0 spiro atoms. The molecule has 0 radical (unpaired) electrons. The zero-order chi connectivity index (χ0) is 19.1. The number of aryl methyl sites for hydroxylation is 2. The summed E-state index contributed by atoms with van der Waals surface area (Å²) in [6.45, 7) is 4.60. The van der Waals surface area contributed by atoms with Crippen molar-refractivity contribution in [2.24, 2.45) is 0 Å². The van der Waals surface area contributed by atoms with Crippen LogP contribution in [0.4, 0.5) is 0 Å². The summed E-state index contributed by atoms with van der Waals surface area (Å²) in [5.41, 5.74) is 2.24. The number of thioether (sulfide) groups is 1. The molecule has 0 atom stereocenters. The lowest BCUT2D eigenvalue weighted by atomic mass is 10.1. The molecule has 1 heterocycles. The summed E-state index contributed by atoms with van der Waals surface area (Å²) >= 11 is 7.12. The highest BCUT2D eigenvalue weighted by Gasteiger charge is 2.14. The molecule has 26 heavy (non-hydrogen) atoms. The summed E-state index contributed by atoms with van der Waals surface area (Å²) in [6.07, 6.45) is 0. The minimum atomic E-state index is -0.0421. The Morgan fingerprint density at radius 1 is 1.35 bits per heavy atom. The Bertz CT molecular complexity index is 819. The van der Waals surface area contributed by atoms with Crippen molar-refractivity contribution in [1.29, 1.82) is 5.26 Å². The molecule has 7 heteroatoms. The molecular formula is C19H20ClN3O2S. The molecule has 5 nitrogen and oxygen atoms in total. The molecule has 1 aromatic heterocycles. The third kappa shape index (κ3) is 5.65. The maximum Gasteiger partial charge on any atom is 0.232 e. The summed E-state index contributed by atoms with van der Waals surface area (Å²) in [7, 11) is 1.73. The van der Waals surface area contributed by atoms with Crippen LogP contribution < -0.4 is 4.74 Å². The quantitative estimate of drug-likeness (QED) is 0.673. The third-order valence-corrected chi connectivity index (χ3v) is 4.90. The largest absolute Gasteiger partial charge is 0.492 e. The number of amides is 1. The number of ether oxygens (including phenoxy) is 1. The van der Waals surface area contributed by atoms with E-state index in [-0.39, 0.29) is 11.7 Å². The lowest BCUT2D eigenvalue weighted by Gasteiger charge is -2.17. The Balaban J connectivity index is 1.84. The van der Waals surface area contributed by atoms with Crippen molar-refractivity contribution in [2.75, 3.05) is 26.0 Å². The number of nitriles is 1. The Kier molecular flexibility index (Phi) is 7.31. The van der Waals surface area contributed by atoms with Gasteiger partial charge in [-0.25, -0.2) is 4.98 Å². The Labute approximate surface area is 162 Å². The zero-order valence-corrected chi connectivity index (χ0v) is 16.5. The lowest BCUT2D eigenvalue weighted by Crippen LogP contribution is -2.32. The SMILES string of the molecule is Cc1cc(C)c(C#N)c(SCC(=O)N(C)CCOc2ccc(Cl)cc2)n1. The van der Waals surface area contributed by atoms with Gasteiger partial charge in [-0.05, 0) is 49.7 Å². The number of pyridine rings is 1. The molecule has 0 aliphatic heterocycles. The van der Waals surface area contributed by atoms with Crippen LogP contribution in [-0.4, -0.2) is 41.7 Å². The van der Waals surface area contributed by atoms with Crippen LogP contribution >= 0.6 is 23.4 Å². The van der Waals surface area contributed by atoms with Crippen molar-refractivity contribution in [2.45, 2.75) is 18.9 Å². The summed E-state index contributed by atoms with van der Waals surface area (Å²) < 4.78 is 5.60. The molecule has 0 saturated heterocycles. The minimum absolute atomic E-state index is 0.0421. The molecule has 0 aliphatic rings. The van der Waals surface area contributed by atoms with Crippen molar-refractivity contribution >= 4 is 29.3 Å². The van der Waals surface area contributed by atoms with Gasteiger partial charge in [0.1, 0.15) is 23.5 Å². The second-order valence-corrected chi connectivity index (χ2v) is 7.18. The van der Waals surface area contributed by atoms with E-state index >= 15 is 0 Å². The molecule has 0 bridgehead atoms. The zero-order valence-electron chi connectivity index (χ0n) is 15.0. The first-order valence-corrected chi connectivity index (χ1v) is 9.40. The molecule has 0 unspecified atom stereocenters. The Morgan fingerprint density at radius 2 is 2.04 bits per heavy atom. The smallest absolute Gasteiger partial charge is 0.232 e. The predicted octanol–water partition coefficient (Wildman–Crippen LogP) is 3.85. The third-order valence-electron chi connectivity index (χ3n) is 3.69. The molecular weight excluding hydrogens is 370 g/mol. The van der Waals surface area contributed by atoms with Crippen LogP contribution in [0.3, 0.4) is 0 Å². The van der Waals surface area contributed by atoms with E-state index in [2.05, 4.69) is 11.1 Å². The molecule has 2 rings (SSSR count). The van der Waals surface area contributed by atoms with Crippen molar-refractivity contribution in [1.82, 2.24) is 9.88 Å². The number of hydrogen-bond acceptors (Lipinski definition) is 5. The number of carbonyl (C=O) groups excluding carboxylic acids is 1. The fraction of sp³-hybridized carbons (Fsp3) is 0.316. The van der Waals surface area contributed by atoms with Gasteiger partial charge >= 0.3 is 0 Å². The summed E-state index contributed by atoms with van der Waals surface area (Å²) in [5, 5.41) is 10.5. The number of likely N-dealkylation sites (N-methyl/N-ethyl adjacent to an activating group) is 1. The fourth-order valence-electron chi connectivity index (χ4n) is 2.24. The van der Waals surface area contributed by atoms with Gasteiger partial charge in [0, 0.05) is 17.8 Å². The Hall–Kier alpha value is -2.23. The van der Waals surface area contributed by atoms with Gasteiger partial charge in [0.2, 0.25) is 5.91 Å². The lowest BCUT2D eigenvalue weighted by molar-refractivity contribution is -0.127. The topological polar surface area (TPSA) is 66.2 Å². The van der Waals surface area contributed by atoms with Gasteiger partial charge in [-0.3, -0.25) is 4.79 Å². The van der Waals surface area contributed by atoms with Gasteiger partial charge in [-0.2, -0.15) is 5.26 Å². The van der Waals surface area contributed by atoms with E-state index in [1.807, 2.05) is 19.9 Å². The van der Waals surface area contributed by atoms with Crippen molar-refractivity contribution in [3.63, 3.8) is 0 Å². The molecule has 1 aromatic carbocycles. The number of nitrogens with zero attached hydrogens (tertiary/aromatic N) is 3. The van der Waals surface area contributed by atoms with Crippen LogP contribution in [0.25, 0.3) is 0 Å².